The third-order valence-electron chi connectivity index (χ3n) is 3.20. The number of nitrogens with one attached hydrogen (secondary N) is 1. The van der Waals surface area contributed by atoms with Crippen molar-refractivity contribution in [1.82, 2.24) is 5.32 Å². The Bertz CT molecular complexity index is 624. The van der Waals surface area contributed by atoms with Crippen LogP contribution in [0.15, 0.2) is 45.3 Å². The molecule has 0 bridgehead atoms. The van der Waals surface area contributed by atoms with Crippen LogP contribution in [0.2, 0.25) is 0 Å². The van der Waals surface area contributed by atoms with E-state index in [1.807, 2.05) is 19.9 Å². The van der Waals surface area contributed by atoms with Crippen molar-refractivity contribution in [2.24, 2.45) is 0 Å². The van der Waals surface area contributed by atoms with E-state index in [1.54, 1.807) is 0 Å². The molecule has 2 rings (SSSR count). The molecule has 0 saturated carbocycles. The summed E-state index contributed by atoms with van der Waals surface area (Å²) >= 11 is 7.13. The van der Waals surface area contributed by atoms with Gasteiger partial charge in [-0.05, 0) is 54.4 Å². The van der Waals surface area contributed by atoms with Crippen molar-refractivity contribution in [1.29, 1.82) is 0 Å². The molecule has 1 N–H and O–H groups in total. The molecule has 0 saturated heterocycles. The second-order valence-electron chi connectivity index (χ2n) is 5.63. The molecule has 0 aliphatic heterocycles. The van der Waals surface area contributed by atoms with Gasteiger partial charge in [-0.1, -0.05) is 45.8 Å². The van der Waals surface area contributed by atoms with Crippen molar-refractivity contribution in [3.63, 3.8) is 0 Å². The smallest absolute Gasteiger partial charge is 0.138 e. The maximum absolute atomic E-state index is 5.94. The average molecular weight is 427 g/mol. The zero-order chi connectivity index (χ0) is 16.1. The Morgan fingerprint density at radius 3 is 2.36 bits per heavy atom. The highest BCUT2D eigenvalue weighted by atomic mass is 79.9. The molecule has 118 valence electrons. The van der Waals surface area contributed by atoms with Gasteiger partial charge in [-0.15, -0.1) is 0 Å². The van der Waals surface area contributed by atoms with Crippen molar-refractivity contribution in [2.75, 3.05) is 0 Å². The van der Waals surface area contributed by atoms with Crippen LogP contribution in [0, 0.1) is 6.92 Å². The number of halogens is 2. The predicted octanol–water partition coefficient (Wildman–Crippen LogP) is 5.60. The summed E-state index contributed by atoms with van der Waals surface area (Å²) in [4.78, 5) is 0. The largest absolute Gasteiger partial charge is 0.489 e. The molecule has 0 radical (unpaired) electrons. The maximum Gasteiger partial charge on any atom is 0.138 e. The van der Waals surface area contributed by atoms with Crippen molar-refractivity contribution in [3.05, 3.63) is 62.0 Å². The van der Waals surface area contributed by atoms with E-state index in [4.69, 9.17) is 4.74 Å². The van der Waals surface area contributed by atoms with Crippen molar-refractivity contribution in [3.8, 4) is 5.75 Å². The van der Waals surface area contributed by atoms with Gasteiger partial charge in [0.1, 0.15) is 5.75 Å². The molecule has 2 aromatic carbocycles. The summed E-state index contributed by atoms with van der Waals surface area (Å²) in [5.41, 5.74) is 3.71. The molecule has 0 heterocycles. The van der Waals surface area contributed by atoms with Gasteiger partial charge >= 0.3 is 0 Å². The molecule has 4 heteroatoms. The summed E-state index contributed by atoms with van der Waals surface area (Å²) in [5.74, 6) is 0.912. The molecule has 0 unspecified atom stereocenters. The maximum atomic E-state index is 5.94. The summed E-state index contributed by atoms with van der Waals surface area (Å²) in [5, 5.41) is 3.48. The SMILES string of the molecule is Cc1ccc(CNCc2cc(Br)cc(Br)c2OC(C)C)cc1. The van der Waals surface area contributed by atoms with Crippen molar-refractivity contribution in [2.45, 2.75) is 40.0 Å². The highest BCUT2D eigenvalue weighted by molar-refractivity contribution is 9.11. The van der Waals surface area contributed by atoms with Crippen LogP contribution in [-0.2, 0) is 13.1 Å². The molecule has 0 fully saturated rings. The molecule has 2 nitrogen and oxygen atoms in total. The first-order valence-electron chi connectivity index (χ1n) is 7.36. The van der Waals surface area contributed by atoms with Crippen LogP contribution in [-0.4, -0.2) is 6.10 Å². The lowest BCUT2D eigenvalue weighted by molar-refractivity contribution is 0.238. The molecular weight excluding hydrogens is 406 g/mol. The van der Waals surface area contributed by atoms with E-state index < -0.39 is 0 Å². The Kier molecular flexibility index (Phi) is 6.48. The van der Waals surface area contributed by atoms with Gasteiger partial charge in [0.05, 0.1) is 10.6 Å². The minimum Gasteiger partial charge on any atom is -0.489 e. The van der Waals surface area contributed by atoms with Crippen LogP contribution in [0.5, 0.6) is 5.75 Å². The Morgan fingerprint density at radius 2 is 1.73 bits per heavy atom. The molecule has 0 atom stereocenters. The Balaban J connectivity index is 2.06. The number of rotatable bonds is 6. The zero-order valence-corrected chi connectivity index (χ0v) is 16.3. The number of hydrogen-bond donors (Lipinski definition) is 1. The van der Waals surface area contributed by atoms with E-state index >= 15 is 0 Å². The first-order chi connectivity index (χ1) is 10.5. The molecule has 0 amide bonds. The van der Waals surface area contributed by atoms with Crippen LogP contribution in [0.4, 0.5) is 0 Å². The highest BCUT2D eigenvalue weighted by Gasteiger charge is 2.11. The quantitative estimate of drug-likeness (QED) is 0.649. The lowest BCUT2D eigenvalue weighted by atomic mass is 10.1. The molecule has 0 aliphatic rings. The van der Waals surface area contributed by atoms with Crippen LogP contribution >= 0.6 is 31.9 Å². The van der Waals surface area contributed by atoms with Crippen LogP contribution in [0.25, 0.3) is 0 Å². The Labute approximate surface area is 149 Å². The third-order valence-corrected chi connectivity index (χ3v) is 4.25. The van der Waals surface area contributed by atoms with Gasteiger partial charge in [0.2, 0.25) is 0 Å². The summed E-state index contributed by atoms with van der Waals surface area (Å²) in [6, 6.07) is 12.7. The minimum absolute atomic E-state index is 0.147. The van der Waals surface area contributed by atoms with E-state index in [2.05, 4.69) is 74.4 Å². The van der Waals surface area contributed by atoms with Gasteiger partial charge in [-0.25, -0.2) is 0 Å². The predicted molar refractivity (Wildman–Crippen MR) is 99.3 cm³/mol. The van der Waals surface area contributed by atoms with E-state index in [-0.39, 0.29) is 6.10 Å². The fourth-order valence-electron chi connectivity index (χ4n) is 2.16. The minimum atomic E-state index is 0.147. The number of benzene rings is 2. The van der Waals surface area contributed by atoms with Gasteiger partial charge in [0.15, 0.2) is 0 Å². The third kappa shape index (κ3) is 5.11. The fourth-order valence-corrected chi connectivity index (χ4v) is 3.57. The van der Waals surface area contributed by atoms with E-state index in [9.17, 15) is 0 Å². The molecular formula is C18H21Br2NO. The topological polar surface area (TPSA) is 21.3 Å². The van der Waals surface area contributed by atoms with Gasteiger partial charge in [0.25, 0.3) is 0 Å². The summed E-state index contributed by atoms with van der Waals surface area (Å²) < 4.78 is 7.96. The van der Waals surface area contributed by atoms with E-state index in [0.717, 1.165) is 33.3 Å². The van der Waals surface area contributed by atoms with Crippen LogP contribution < -0.4 is 10.1 Å². The number of hydrogen-bond acceptors (Lipinski definition) is 2. The molecule has 0 spiro atoms. The molecule has 2 aromatic rings. The molecule has 22 heavy (non-hydrogen) atoms. The number of aryl methyl sites for hydroxylation is 1. The molecule has 0 aromatic heterocycles. The monoisotopic (exact) mass is 425 g/mol. The summed E-state index contributed by atoms with van der Waals surface area (Å²) in [6.45, 7) is 7.78. The first-order valence-corrected chi connectivity index (χ1v) is 8.95. The highest BCUT2D eigenvalue weighted by Crippen LogP contribution is 2.33. The first kappa shape index (κ1) is 17.5. The van der Waals surface area contributed by atoms with Gasteiger partial charge < -0.3 is 10.1 Å². The zero-order valence-electron chi connectivity index (χ0n) is 13.1. The van der Waals surface area contributed by atoms with Gasteiger partial charge in [-0.3, -0.25) is 0 Å². The number of ether oxygens (including phenoxy) is 1. The van der Waals surface area contributed by atoms with Crippen molar-refractivity contribution >= 4 is 31.9 Å². The lowest BCUT2D eigenvalue weighted by Crippen LogP contribution is -2.15. The lowest BCUT2D eigenvalue weighted by Gasteiger charge is -2.17. The fraction of sp³-hybridized carbons (Fsp3) is 0.333. The second-order valence-corrected chi connectivity index (χ2v) is 7.40. The Hall–Kier alpha value is -0.840. The van der Waals surface area contributed by atoms with Gasteiger partial charge in [-0.2, -0.15) is 0 Å². The van der Waals surface area contributed by atoms with Crippen LogP contribution in [0.1, 0.15) is 30.5 Å². The van der Waals surface area contributed by atoms with Gasteiger partial charge in [0, 0.05) is 23.1 Å². The van der Waals surface area contributed by atoms with Crippen molar-refractivity contribution < 1.29 is 4.74 Å². The Morgan fingerprint density at radius 1 is 1.05 bits per heavy atom. The standard InChI is InChI=1S/C18H21Br2NO/c1-12(2)22-18-15(8-16(19)9-17(18)20)11-21-10-14-6-4-13(3)5-7-14/h4-9,12,21H,10-11H2,1-3H3. The second kappa shape index (κ2) is 8.14. The molecule has 0 aliphatic carbocycles. The summed E-state index contributed by atoms with van der Waals surface area (Å²) in [6.07, 6.45) is 0.147. The summed E-state index contributed by atoms with van der Waals surface area (Å²) in [7, 11) is 0. The normalized spacial score (nSPS) is 11.0. The van der Waals surface area contributed by atoms with E-state index in [1.165, 1.54) is 11.1 Å². The van der Waals surface area contributed by atoms with E-state index in [0.29, 0.717) is 0 Å². The average Bonchev–Trinajstić information content (AvgIpc) is 2.44. The van der Waals surface area contributed by atoms with Crippen LogP contribution in [0.3, 0.4) is 0 Å².